The molecule has 0 aromatic heterocycles. The van der Waals surface area contributed by atoms with Crippen LogP contribution in [0.1, 0.15) is 36.0 Å². The van der Waals surface area contributed by atoms with Crippen LogP contribution in [0.3, 0.4) is 0 Å². The third-order valence-electron chi connectivity index (χ3n) is 5.60. The number of piperidine rings is 1. The Morgan fingerprint density at radius 3 is 2.59 bits per heavy atom. The van der Waals surface area contributed by atoms with E-state index in [1.807, 2.05) is 30.3 Å². The van der Waals surface area contributed by atoms with Gasteiger partial charge in [0.1, 0.15) is 5.60 Å². The minimum Gasteiger partial charge on any atom is -0.388 e. The normalized spacial score (nSPS) is 18.2. The van der Waals surface area contributed by atoms with Crippen molar-refractivity contribution in [2.24, 2.45) is 5.16 Å². The molecule has 1 amide bonds. The second-order valence-electron chi connectivity index (χ2n) is 7.83. The first-order valence-electron chi connectivity index (χ1n) is 10.2. The molecular weight excluding hydrogens is 366 g/mol. The number of aryl methyl sites for hydroxylation is 1. The van der Waals surface area contributed by atoms with Gasteiger partial charge in [-0.15, -0.1) is 5.06 Å². The van der Waals surface area contributed by atoms with Crippen LogP contribution in [0, 0.1) is 6.92 Å². The Bertz CT molecular complexity index is 857. The molecule has 0 atom stereocenters. The number of carbonyl (C=O) groups excluding carboxylic acids is 1. The van der Waals surface area contributed by atoms with Crippen LogP contribution < -0.4 is 5.32 Å². The molecule has 2 aliphatic rings. The maximum Gasteiger partial charge on any atom is 0.426 e. The number of rotatable bonds is 5. The van der Waals surface area contributed by atoms with Crippen molar-refractivity contribution in [1.29, 1.82) is 0 Å². The fourth-order valence-electron chi connectivity index (χ4n) is 3.78. The van der Waals surface area contributed by atoms with E-state index >= 15 is 0 Å². The van der Waals surface area contributed by atoms with Crippen LogP contribution in [-0.4, -0.2) is 42.1 Å². The first kappa shape index (κ1) is 19.5. The van der Waals surface area contributed by atoms with Crippen LogP contribution >= 0.6 is 0 Å². The summed E-state index contributed by atoms with van der Waals surface area (Å²) in [4.78, 5) is 23.3. The van der Waals surface area contributed by atoms with E-state index in [1.54, 1.807) is 5.06 Å². The maximum atomic E-state index is 12.0. The summed E-state index contributed by atoms with van der Waals surface area (Å²) in [6, 6.07) is 18.4. The smallest absolute Gasteiger partial charge is 0.388 e. The van der Waals surface area contributed by atoms with Gasteiger partial charge in [0.25, 0.3) is 0 Å². The van der Waals surface area contributed by atoms with E-state index in [9.17, 15) is 4.79 Å². The van der Waals surface area contributed by atoms with Gasteiger partial charge in [0.05, 0.1) is 5.71 Å². The summed E-state index contributed by atoms with van der Waals surface area (Å²) >= 11 is 0. The summed E-state index contributed by atoms with van der Waals surface area (Å²) in [6.07, 6.45) is 2.74. The van der Waals surface area contributed by atoms with Crippen LogP contribution in [0.5, 0.6) is 0 Å². The molecule has 2 aromatic rings. The molecule has 152 valence electrons. The lowest BCUT2D eigenvalue weighted by molar-refractivity contribution is -0.157. The Labute approximate surface area is 171 Å². The van der Waals surface area contributed by atoms with E-state index in [4.69, 9.17) is 9.68 Å². The molecule has 2 heterocycles. The summed E-state index contributed by atoms with van der Waals surface area (Å²) in [5, 5.41) is 8.88. The monoisotopic (exact) mass is 393 g/mol. The van der Waals surface area contributed by atoms with Crippen LogP contribution in [0.25, 0.3) is 0 Å². The highest BCUT2D eigenvalue weighted by atomic mass is 16.7. The number of nitrogens with zero attached hydrogens (tertiary/aromatic N) is 2. The summed E-state index contributed by atoms with van der Waals surface area (Å²) in [7, 11) is 0. The number of hydrogen-bond acceptors (Lipinski definition) is 5. The van der Waals surface area contributed by atoms with Crippen molar-refractivity contribution in [3.05, 3.63) is 71.3 Å². The molecule has 1 spiro atoms. The molecule has 0 bridgehead atoms. The number of nitrogens with one attached hydrogen (secondary N) is 1. The SMILES string of the molecule is Cc1ccc(C2=NOC3(CCN(OC(=O)NCCc4ccccc4)CC3)C2)cc1. The van der Waals surface area contributed by atoms with Crippen molar-refractivity contribution in [2.45, 2.75) is 38.2 Å². The third kappa shape index (κ3) is 4.95. The summed E-state index contributed by atoms with van der Waals surface area (Å²) in [6.45, 7) is 3.91. The highest BCUT2D eigenvalue weighted by molar-refractivity contribution is 6.01. The Morgan fingerprint density at radius 2 is 1.86 bits per heavy atom. The van der Waals surface area contributed by atoms with E-state index in [0.29, 0.717) is 19.6 Å². The van der Waals surface area contributed by atoms with Crippen LogP contribution in [0.15, 0.2) is 59.8 Å². The van der Waals surface area contributed by atoms with Gasteiger partial charge in [-0.05, 0) is 24.5 Å². The molecule has 1 N–H and O–H groups in total. The van der Waals surface area contributed by atoms with Crippen molar-refractivity contribution < 1.29 is 14.5 Å². The van der Waals surface area contributed by atoms with Gasteiger partial charge < -0.3 is 15.0 Å². The fraction of sp³-hybridized carbons (Fsp3) is 0.391. The lowest BCUT2D eigenvalue weighted by atomic mass is 9.86. The first-order valence-corrected chi connectivity index (χ1v) is 10.2. The van der Waals surface area contributed by atoms with Gasteiger partial charge in [-0.2, -0.15) is 0 Å². The lowest BCUT2D eigenvalue weighted by Crippen LogP contribution is -2.46. The Hall–Kier alpha value is -2.86. The van der Waals surface area contributed by atoms with Gasteiger partial charge in [-0.3, -0.25) is 0 Å². The number of benzene rings is 2. The molecule has 29 heavy (non-hydrogen) atoms. The lowest BCUT2D eigenvalue weighted by Gasteiger charge is -2.35. The average Bonchev–Trinajstić information content (AvgIpc) is 3.15. The zero-order valence-corrected chi connectivity index (χ0v) is 16.8. The molecule has 2 aromatic carbocycles. The number of oxime groups is 1. The fourth-order valence-corrected chi connectivity index (χ4v) is 3.78. The quantitative estimate of drug-likeness (QED) is 0.838. The van der Waals surface area contributed by atoms with Crippen LogP contribution in [0.4, 0.5) is 4.79 Å². The Balaban J connectivity index is 1.20. The molecule has 2 aliphatic heterocycles. The summed E-state index contributed by atoms with van der Waals surface area (Å²) in [5.41, 5.74) is 4.26. The van der Waals surface area contributed by atoms with Crippen molar-refractivity contribution in [3.63, 3.8) is 0 Å². The molecule has 0 unspecified atom stereocenters. The van der Waals surface area contributed by atoms with Crippen LogP contribution in [0.2, 0.25) is 0 Å². The minimum absolute atomic E-state index is 0.274. The zero-order chi connectivity index (χ0) is 20.1. The number of carbonyl (C=O) groups is 1. The van der Waals surface area contributed by atoms with E-state index in [-0.39, 0.29) is 5.60 Å². The van der Waals surface area contributed by atoms with Gasteiger partial charge in [-0.1, -0.05) is 65.3 Å². The highest BCUT2D eigenvalue weighted by Crippen LogP contribution is 2.36. The molecule has 0 saturated carbocycles. The minimum atomic E-state index is -0.402. The molecule has 0 radical (unpaired) electrons. The summed E-state index contributed by atoms with van der Waals surface area (Å²) < 4.78 is 0. The molecule has 1 saturated heterocycles. The molecule has 6 heteroatoms. The Morgan fingerprint density at radius 1 is 1.14 bits per heavy atom. The third-order valence-corrected chi connectivity index (χ3v) is 5.60. The molecule has 6 nitrogen and oxygen atoms in total. The number of amides is 1. The van der Waals surface area contributed by atoms with Crippen molar-refractivity contribution in [2.75, 3.05) is 19.6 Å². The second-order valence-corrected chi connectivity index (χ2v) is 7.83. The van der Waals surface area contributed by atoms with Gasteiger partial charge in [0.15, 0.2) is 0 Å². The van der Waals surface area contributed by atoms with Gasteiger partial charge in [0, 0.05) is 38.9 Å². The van der Waals surface area contributed by atoms with E-state index in [0.717, 1.165) is 37.0 Å². The Kier molecular flexibility index (Phi) is 5.81. The number of hydrogen-bond donors (Lipinski definition) is 1. The van der Waals surface area contributed by atoms with Crippen molar-refractivity contribution in [1.82, 2.24) is 10.4 Å². The molecular formula is C23H27N3O3. The highest BCUT2D eigenvalue weighted by Gasteiger charge is 2.43. The molecule has 0 aliphatic carbocycles. The topological polar surface area (TPSA) is 63.2 Å². The average molecular weight is 393 g/mol. The first-order chi connectivity index (χ1) is 14.1. The van der Waals surface area contributed by atoms with Crippen molar-refractivity contribution >= 4 is 11.8 Å². The largest absolute Gasteiger partial charge is 0.426 e. The molecule has 4 rings (SSSR count). The van der Waals surface area contributed by atoms with E-state index < -0.39 is 6.09 Å². The standard InChI is InChI=1S/C23H27N3O3/c1-18-7-9-20(10-8-18)21-17-23(29-25-21)12-15-26(16-13-23)28-22(27)24-14-11-19-5-3-2-4-6-19/h2-10H,11-17H2,1H3,(H,24,27). The summed E-state index contributed by atoms with van der Waals surface area (Å²) in [5.74, 6) is 0. The van der Waals surface area contributed by atoms with Crippen molar-refractivity contribution in [3.8, 4) is 0 Å². The predicted molar refractivity (Wildman–Crippen MR) is 112 cm³/mol. The maximum absolute atomic E-state index is 12.0. The van der Waals surface area contributed by atoms with Gasteiger partial charge >= 0.3 is 6.09 Å². The van der Waals surface area contributed by atoms with Gasteiger partial charge in [0.2, 0.25) is 0 Å². The molecule has 1 fully saturated rings. The zero-order valence-electron chi connectivity index (χ0n) is 16.8. The second kappa shape index (κ2) is 8.66. The van der Waals surface area contributed by atoms with Crippen LogP contribution in [-0.2, 0) is 16.1 Å². The number of hydroxylamine groups is 2. The van der Waals surface area contributed by atoms with E-state index in [1.165, 1.54) is 11.1 Å². The van der Waals surface area contributed by atoms with E-state index in [2.05, 4.69) is 41.7 Å². The van der Waals surface area contributed by atoms with Gasteiger partial charge in [-0.25, -0.2) is 4.79 Å². The predicted octanol–water partition coefficient (Wildman–Crippen LogP) is 3.84.